The van der Waals surface area contributed by atoms with Gasteiger partial charge >= 0.3 is 0 Å². The molecule has 0 aliphatic heterocycles. The molecule has 0 radical (unpaired) electrons. The first-order valence-electron chi connectivity index (χ1n) is 8.54. The highest BCUT2D eigenvalue weighted by Gasteiger charge is 2.25. The van der Waals surface area contributed by atoms with Crippen molar-refractivity contribution < 1.29 is 4.74 Å². The van der Waals surface area contributed by atoms with Crippen LogP contribution in [0, 0.1) is 0 Å². The van der Waals surface area contributed by atoms with Gasteiger partial charge < -0.3 is 9.30 Å². The number of hydrogen-bond donors (Lipinski definition) is 0. The van der Waals surface area contributed by atoms with Gasteiger partial charge in [-0.1, -0.05) is 11.6 Å². The van der Waals surface area contributed by atoms with Crippen LogP contribution in [0.5, 0.6) is 5.88 Å². The Bertz CT molecular complexity index is 1010. The van der Waals surface area contributed by atoms with Crippen LogP contribution in [0.3, 0.4) is 0 Å². The van der Waals surface area contributed by atoms with E-state index in [0.29, 0.717) is 17.1 Å². The molecular formula is C18H18BrClN4O2. The molecular weight excluding hydrogens is 420 g/mol. The molecule has 1 aliphatic rings. The van der Waals surface area contributed by atoms with Gasteiger partial charge in [-0.2, -0.15) is 0 Å². The first-order valence-corrected chi connectivity index (χ1v) is 9.71. The third-order valence-corrected chi connectivity index (χ3v) is 5.74. The van der Waals surface area contributed by atoms with Crippen LogP contribution in [0.15, 0.2) is 39.9 Å². The minimum atomic E-state index is -0.140. The molecule has 0 amide bonds. The van der Waals surface area contributed by atoms with E-state index < -0.39 is 0 Å². The number of halogens is 2. The van der Waals surface area contributed by atoms with E-state index in [1.165, 1.54) is 10.7 Å². The number of aryl methyl sites for hydroxylation is 1. The largest absolute Gasteiger partial charge is 0.473 e. The summed E-state index contributed by atoms with van der Waals surface area (Å²) in [6, 6.07) is 5.43. The van der Waals surface area contributed by atoms with E-state index in [4.69, 9.17) is 16.3 Å². The first kappa shape index (κ1) is 17.5. The highest BCUT2D eigenvalue weighted by Crippen LogP contribution is 2.36. The summed E-state index contributed by atoms with van der Waals surface area (Å²) in [4.78, 5) is 15.6. The standard InChI is InChI=1S/C18H18BrClN4O2/c1-23-18(25)7-6-17(22-23)26-12-4-2-11(3-5-12)24-10-14(19)13-9-21-16(20)8-15(13)24/h6-12H,2-5H2,1H3. The fourth-order valence-corrected chi connectivity index (χ4v) is 4.22. The zero-order valence-electron chi connectivity index (χ0n) is 14.2. The number of aromatic nitrogens is 4. The predicted molar refractivity (Wildman–Crippen MR) is 104 cm³/mol. The van der Waals surface area contributed by atoms with Gasteiger partial charge in [0.25, 0.3) is 5.56 Å². The lowest BCUT2D eigenvalue weighted by atomic mass is 9.92. The van der Waals surface area contributed by atoms with Crippen LogP contribution in [0.25, 0.3) is 10.9 Å². The van der Waals surface area contributed by atoms with Gasteiger partial charge in [0.05, 0.1) is 5.52 Å². The molecule has 1 aliphatic carbocycles. The molecule has 6 nitrogen and oxygen atoms in total. The third kappa shape index (κ3) is 3.38. The van der Waals surface area contributed by atoms with Crippen molar-refractivity contribution in [3.05, 3.63) is 50.6 Å². The number of pyridine rings is 1. The monoisotopic (exact) mass is 436 g/mol. The Morgan fingerprint density at radius 1 is 1.27 bits per heavy atom. The summed E-state index contributed by atoms with van der Waals surface area (Å²) in [5.41, 5.74) is 0.959. The highest BCUT2D eigenvalue weighted by molar-refractivity contribution is 9.10. The lowest BCUT2D eigenvalue weighted by Gasteiger charge is -2.30. The molecule has 0 spiro atoms. The molecule has 0 saturated heterocycles. The van der Waals surface area contributed by atoms with Gasteiger partial charge in [-0.3, -0.25) is 4.79 Å². The average molecular weight is 438 g/mol. The highest BCUT2D eigenvalue weighted by atomic mass is 79.9. The van der Waals surface area contributed by atoms with Gasteiger partial charge in [0.15, 0.2) is 0 Å². The van der Waals surface area contributed by atoms with E-state index in [2.05, 4.69) is 36.8 Å². The van der Waals surface area contributed by atoms with Crippen LogP contribution >= 0.6 is 27.5 Å². The van der Waals surface area contributed by atoms with E-state index in [0.717, 1.165) is 41.1 Å². The number of hydrogen-bond acceptors (Lipinski definition) is 4. The van der Waals surface area contributed by atoms with E-state index in [1.807, 2.05) is 6.07 Å². The average Bonchev–Trinajstić information content (AvgIpc) is 2.95. The van der Waals surface area contributed by atoms with Gasteiger partial charge in [-0.05, 0) is 47.7 Å². The van der Waals surface area contributed by atoms with Crippen LogP contribution in [-0.4, -0.2) is 25.4 Å². The zero-order chi connectivity index (χ0) is 18.3. The Labute approximate surface area is 163 Å². The lowest BCUT2D eigenvalue weighted by molar-refractivity contribution is 0.126. The normalized spacial score (nSPS) is 20.4. The molecule has 0 bridgehead atoms. The van der Waals surface area contributed by atoms with Crippen molar-refractivity contribution in [3.63, 3.8) is 0 Å². The van der Waals surface area contributed by atoms with Crippen molar-refractivity contribution in [3.8, 4) is 5.88 Å². The Kier molecular flexibility index (Phi) is 4.75. The van der Waals surface area contributed by atoms with Crippen LogP contribution in [-0.2, 0) is 7.05 Å². The summed E-state index contributed by atoms with van der Waals surface area (Å²) in [7, 11) is 1.63. The fourth-order valence-electron chi connectivity index (χ4n) is 3.54. The molecule has 0 unspecified atom stereocenters. The van der Waals surface area contributed by atoms with Crippen LogP contribution in [0.2, 0.25) is 5.15 Å². The maximum absolute atomic E-state index is 11.4. The molecule has 1 saturated carbocycles. The van der Waals surface area contributed by atoms with Crippen molar-refractivity contribution in [2.75, 3.05) is 0 Å². The molecule has 1 fully saturated rings. The van der Waals surface area contributed by atoms with E-state index in [1.54, 1.807) is 19.3 Å². The zero-order valence-corrected chi connectivity index (χ0v) is 16.6. The van der Waals surface area contributed by atoms with Crippen molar-refractivity contribution in [1.82, 2.24) is 19.3 Å². The summed E-state index contributed by atoms with van der Waals surface area (Å²) in [5, 5.41) is 5.72. The van der Waals surface area contributed by atoms with E-state index in [9.17, 15) is 4.79 Å². The SMILES string of the molecule is Cn1nc(OC2CCC(n3cc(Br)c4cnc(Cl)cc43)CC2)ccc1=O. The molecule has 4 rings (SSSR count). The van der Waals surface area contributed by atoms with Crippen LogP contribution in [0.1, 0.15) is 31.7 Å². The number of ether oxygens (including phenoxy) is 1. The summed E-state index contributed by atoms with van der Waals surface area (Å²) in [6.45, 7) is 0. The smallest absolute Gasteiger partial charge is 0.266 e. The van der Waals surface area contributed by atoms with Crippen molar-refractivity contribution in [2.45, 2.75) is 37.8 Å². The number of rotatable bonds is 3. The second-order valence-electron chi connectivity index (χ2n) is 6.59. The number of nitrogens with zero attached hydrogens (tertiary/aromatic N) is 4. The Hall–Kier alpha value is -1.86. The molecule has 0 atom stereocenters. The topological polar surface area (TPSA) is 61.9 Å². The molecule has 3 heterocycles. The van der Waals surface area contributed by atoms with E-state index in [-0.39, 0.29) is 11.7 Å². The molecule has 3 aromatic rings. The second-order valence-corrected chi connectivity index (χ2v) is 7.83. The predicted octanol–water partition coefficient (Wildman–Crippen LogP) is 4.11. The van der Waals surface area contributed by atoms with Crippen molar-refractivity contribution in [1.29, 1.82) is 0 Å². The first-order chi connectivity index (χ1) is 12.5. The van der Waals surface area contributed by atoms with Gasteiger partial charge in [-0.15, -0.1) is 5.10 Å². The molecule has 8 heteroatoms. The minimum Gasteiger partial charge on any atom is -0.473 e. The second kappa shape index (κ2) is 7.04. The Morgan fingerprint density at radius 2 is 2.04 bits per heavy atom. The maximum Gasteiger partial charge on any atom is 0.266 e. The summed E-state index contributed by atoms with van der Waals surface area (Å²) in [5.74, 6) is 0.502. The minimum absolute atomic E-state index is 0.117. The Morgan fingerprint density at radius 3 is 2.77 bits per heavy atom. The van der Waals surface area contributed by atoms with Crippen molar-refractivity contribution >= 4 is 38.4 Å². The molecule has 0 N–H and O–H groups in total. The summed E-state index contributed by atoms with van der Waals surface area (Å²) in [6.07, 6.45) is 7.92. The lowest BCUT2D eigenvalue weighted by Crippen LogP contribution is -2.27. The van der Waals surface area contributed by atoms with Crippen LogP contribution < -0.4 is 10.3 Å². The fraction of sp³-hybridized carbons (Fsp3) is 0.389. The molecule has 136 valence electrons. The van der Waals surface area contributed by atoms with Crippen molar-refractivity contribution in [2.24, 2.45) is 7.05 Å². The van der Waals surface area contributed by atoms with E-state index >= 15 is 0 Å². The van der Waals surface area contributed by atoms with Gasteiger partial charge in [-0.25, -0.2) is 9.67 Å². The number of fused-ring (bicyclic) bond motifs is 1. The maximum atomic E-state index is 11.4. The molecule has 0 aromatic carbocycles. The quantitative estimate of drug-likeness (QED) is 0.579. The Balaban J connectivity index is 1.47. The molecule has 26 heavy (non-hydrogen) atoms. The third-order valence-electron chi connectivity index (χ3n) is 4.90. The summed E-state index contributed by atoms with van der Waals surface area (Å²) >= 11 is 9.70. The molecule has 3 aromatic heterocycles. The van der Waals surface area contributed by atoms with Gasteiger partial charge in [0.1, 0.15) is 11.3 Å². The summed E-state index contributed by atoms with van der Waals surface area (Å²) < 4.78 is 10.6. The van der Waals surface area contributed by atoms with Gasteiger partial charge in [0, 0.05) is 47.5 Å². The van der Waals surface area contributed by atoms with Crippen LogP contribution in [0.4, 0.5) is 0 Å². The van der Waals surface area contributed by atoms with Gasteiger partial charge in [0.2, 0.25) is 5.88 Å².